The fourth-order valence-corrected chi connectivity index (χ4v) is 3.22. The van der Waals surface area contributed by atoms with Crippen LogP contribution in [0.3, 0.4) is 0 Å². The summed E-state index contributed by atoms with van der Waals surface area (Å²) in [6, 6.07) is 15.8. The normalized spacial score (nSPS) is 21.9. The van der Waals surface area contributed by atoms with Crippen molar-refractivity contribution in [3.05, 3.63) is 70.7 Å². The van der Waals surface area contributed by atoms with E-state index in [1.54, 1.807) is 29.2 Å². The zero-order chi connectivity index (χ0) is 17.8. The maximum atomic E-state index is 12.6. The Hall–Kier alpha value is -1.92. The van der Waals surface area contributed by atoms with E-state index in [4.69, 9.17) is 11.6 Å². The van der Waals surface area contributed by atoms with E-state index in [2.05, 4.69) is 5.32 Å². The van der Waals surface area contributed by atoms with Crippen molar-refractivity contribution in [2.45, 2.75) is 31.3 Å². The predicted octanol–water partition coefficient (Wildman–Crippen LogP) is 2.08. The van der Waals surface area contributed by atoms with Crippen LogP contribution in [0.4, 0.5) is 0 Å². The Labute approximate surface area is 151 Å². The lowest BCUT2D eigenvalue weighted by atomic mass is 10.1. The molecular formula is C19H21ClN2O3. The molecule has 0 radical (unpaired) electrons. The SMILES string of the molecule is O=C(NCc1ccc(Cl)cc1)[C@@H]1C[C@@H](O)CN1C(O)c1ccccc1. The molecule has 0 aliphatic carbocycles. The molecule has 1 fully saturated rings. The summed E-state index contributed by atoms with van der Waals surface area (Å²) in [5.41, 5.74) is 1.64. The molecule has 0 saturated carbocycles. The zero-order valence-corrected chi connectivity index (χ0v) is 14.4. The van der Waals surface area contributed by atoms with Crippen LogP contribution < -0.4 is 5.32 Å². The van der Waals surface area contributed by atoms with Gasteiger partial charge in [-0.3, -0.25) is 9.69 Å². The topological polar surface area (TPSA) is 72.8 Å². The number of aliphatic hydroxyl groups excluding tert-OH is 2. The minimum absolute atomic E-state index is 0.207. The van der Waals surface area contributed by atoms with Crippen LogP contribution in [0.25, 0.3) is 0 Å². The number of nitrogens with one attached hydrogen (secondary N) is 1. The molecular weight excluding hydrogens is 340 g/mol. The van der Waals surface area contributed by atoms with Crippen molar-refractivity contribution < 1.29 is 15.0 Å². The summed E-state index contributed by atoms with van der Waals surface area (Å²) < 4.78 is 0. The molecule has 3 rings (SSSR count). The molecule has 132 valence electrons. The lowest BCUT2D eigenvalue weighted by Gasteiger charge is -2.28. The summed E-state index contributed by atoms with van der Waals surface area (Å²) in [7, 11) is 0. The van der Waals surface area contributed by atoms with E-state index in [0.717, 1.165) is 5.56 Å². The number of halogens is 1. The van der Waals surface area contributed by atoms with Crippen molar-refractivity contribution in [1.29, 1.82) is 0 Å². The van der Waals surface area contributed by atoms with Crippen molar-refractivity contribution in [3.8, 4) is 0 Å². The van der Waals surface area contributed by atoms with Crippen LogP contribution in [-0.2, 0) is 11.3 Å². The second kappa shape index (κ2) is 7.97. The van der Waals surface area contributed by atoms with Gasteiger partial charge in [0, 0.05) is 18.1 Å². The molecule has 3 atom stereocenters. The van der Waals surface area contributed by atoms with Crippen LogP contribution in [-0.4, -0.2) is 39.7 Å². The Morgan fingerprint density at radius 3 is 2.56 bits per heavy atom. The summed E-state index contributed by atoms with van der Waals surface area (Å²) in [5.74, 6) is -0.207. The van der Waals surface area contributed by atoms with Crippen LogP contribution in [0.5, 0.6) is 0 Å². The average Bonchev–Trinajstić information content (AvgIpc) is 3.03. The van der Waals surface area contributed by atoms with Gasteiger partial charge in [-0.15, -0.1) is 0 Å². The number of carbonyl (C=O) groups is 1. The van der Waals surface area contributed by atoms with E-state index >= 15 is 0 Å². The minimum atomic E-state index is -0.926. The maximum absolute atomic E-state index is 12.6. The first kappa shape index (κ1) is 17.9. The van der Waals surface area contributed by atoms with E-state index < -0.39 is 18.4 Å². The number of hydrogen-bond donors (Lipinski definition) is 3. The Kier molecular flexibility index (Phi) is 5.71. The van der Waals surface area contributed by atoms with Crippen LogP contribution in [0.2, 0.25) is 5.02 Å². The highest BCUT2D eigenvalue weighted by molar-refractivity contribution is 6.30. The number of β-amino-alcohol motifs (C(OH)–C–C–N with tert-alkyl or cyclic N) is 1. The third-order valence-corrected chi connectivity index (χ3v) is 4.66. The number of carbonyl (C=O) groups excluding carboxylic acids is 1. The summed E-state index contributed by atoms with van der Waals surface area (Å²) in [6.07, 6.45) is -1.26. The quantitative estimate of drug-likeness (QED) is 0.763. The van der Waals surface area contributed by atoms with E-state index in [1.807, 2.05) is 30.3 Å². The van der Waals surface area contributed by atoms with Gasteiger partial charge in [0.05, 0.1) is 12.1 Å². The van der Waals surface area contributed by atoms with Crippen LogP contribution in [0.15, 0.2) is 54.6 Å². The number of rotatable bonds is 5. The van der Waals surface area contributed by atoms with Crippen LogP contribution >= 0.6 is 11.6 Å². The maximum Gasteiger partial charge on any atom is 0.237 e. The van der Waals surface area contributed by atoms with Crippen molar-refractivity contribution in [2.24, 2.45) is 0 Å². The Morgan fingerprint density at radius 2 is 1.88 bits per heavy atom. The Morgan fingerprint density at radius 1 is 1.20 bits per heavy atom. The highest BCUT2D eigenvalue weighted by Gasteiger charge is 2.39. The van der Waals surface area contributed by atoms with Crippen molar-refractivity contribution >= 4 is 17.5 Å². The molecule has 0 aromatic heterocycles. The number of nitrogens with zero attached hydrogens (tertiary/aromatic N) is 1. The fourth-order valence-electron chi connectivity index (χ4n) is 3.09. The van der Waals surface area contributed by atoms with Gasteiger partial charge in [-0.05, 0) is 29.7 Å². The number of amides is 1. The lowest BCUT2D eigenvalue weighted by Crippen LogP contribution is -2.44. The van der Waals surface area contributed by atoms with Gasteiger partial charge >= 0.3 is 0 Å². The molecule has 0 spiro atoms. The molecule has 1 aliphatic heterocycles. The molecule has 1 aliphatic rings. The smallest absolute Gasteiger partial charge is 0.237 e. The molecule has 1 saturated heterocycles. The highest BCUT2D eigenvalue weighted by Crippen LogP contribution is 2.28. The second-order valence-corrected chi connectivity index (χ2v) is 6.67. The van der Waals surface area contributed by atoms with Gasteiger partial charge in [0.15, 0.2) is 0 Å². The van der Waals surface area contributed by atoms with Gasteiger partial charge < -0.3 is 15.5 Å². The lowest BCUT2D eigenvalue weighted by molar-refractivity contribution is -0.129. The monoisotopic (exact) mass is 360 g/mol. The summed E-state index contributed by atoms with van der Waals surface area (Å²) in [5, 5.41) is 24.1. The molecule has 1 heterocycles. The van der Waals surface area contributed by atoms with Gasteiger partial charge in [-0.2, -0.15) is 0 Å². The van der Waals surface area contributed by atoms with Crippen LogP contribution in [0, 0.1) is 0 Å². The largest absolute Gasteiger partial charge is 0.392 e. The first-order valence-electron chi connectivity index (χ1n) is 8.23. The summed E-state index contributed by atoms with van der Waals surface area (Å²) in [6.45, 7) is 0.632. The third kappa shape index (κ3) is 4.38. The molecule has 0 bridgehead atoms. The van der Waals surface area contributed by atoms with Gasteiger partial charge in [-0.25, -0.2) is 0 Å². The molecule has 6 heteroatoms. The second-order valence-electron chi connectivity index (χ2n) is 6.23. The van der Waals surface area contributed by atoms with Crippen molar-refractivity contribution in [2.75, 3.05) is 6.54 Å². The van der Waals surface area contributed by atoms with E-state index in [0.29, 0.717) is 23.6 Å². The Bertz CT molecular complexity index is 708. The summed E-state index contributed by atoms with van der Waals surface area (Å²) >= 11 is 5.86. The fraction of sp³-hybridized carbons (Fsp3) is 0.316. The van der Waals surface area contributed by atoms with Gasteiger partial charge in [0.25, 0.3) is 0 Å². The molecule has 2 aromatic rings. The zero-order valence-electron chi connectivity index (χ0n) is 13.7. The van der Waals surface area contributed by atoms with Gasteiger partial charge in [-0.1, -0.05) is 54.1 Å². The third-order valence-electron chi connectivity index (χ3n) is 4.41. The molecule has 25 heavy (non-hydrogen) atoms. The van der Waals surface area contributed by atoms with E-state index in [9.17, 15) is 15.0 Å². The number of likely N-dealkylation sites (tertiary alicyclic amines) is 1. The molecule has 3 N–H and O–H groups in total. The molecule has 1 amide bonds. The van der Waals surface area contributed by atoms with Crippen molar-refractivity contribution in [3.63, 3.8) is 0 Å². The summed E-state index contributed by atoms with van der Waals surface area (Å²) in [4.78, 5) is 14.2. The Balaban J connectivity index is 1.66. The van der Waals surface area contributed by atoms with Crippen molar-refractivity contribution in [1.82, 2.24) is 10.2 Å². The first-order valence-corrected chi connectivity index (χ1v) is 8.61. The van der Waals surface area contributed by atoms with Crippen LogP contribution in [0.1, 0.15) is 23.8 Å². The van der Waals surface area contributed by atoms with E-state index in [-0.39, 0.29) is 12.5 Å². The standard InChI is InChI=1S/C19H21ClN2O3/c20-15-8-6-13(7-9-15)11-21-18(24)17-10-16(23)12-22(17)19(25)14-4-2-1-3-5-14/h1-9,16-17,19,23,25H,10-12H2,(H,21,24)/t16-,17+,19?/m1/s1. The molecule has 2 aromatic carbocycles. The predicted molar refractivity (Wildman–Crippen MR) is 95.8 cm³/mol. The first-order chi connectivity index (χ1) is 12.0. The molecule has 5 nitrogen and oxygen atoms in total. The number of hydrogen-bond acceptors (Lipinski definition) is 4. The van der Waals surface area contributed by atoms with Gasteiger partial charge in [0.1, 0.15) is 6.23 Å². The highest BCUT2D eigenvalue weighted by atomic mass is 35.5. The van der Waals surface area contributed by atoms with Gasteiger partial charge in [0.2, 0.25) is 5.91 Å². The van der Waals surface area contributed by atoms with E-state index in [1.165, 1.54) is 0 Å². The minimum Gasteiger partial charge on any atom is -0.392 e. The average molecular weight is 361 g/mol. The number of aliphatic hydroxyl groups is 2. The molecule has 1 unspecified atom stereocenters. The number of benzene rings is 2.